The highest BCUT2D eigenvalue weighted by Gasteiger charge is 2.59. The van der Waals surface area contributed by atoms with Crippen molar-refractivity contribution >= 4 is 24.0 Å². The normalized spacial score (nSPS) is 25.0. The van der Waals surface area contributed by atoms with Gasteiger partial charge in [0.1, 0.15) is 5.75 Å². The molecule has 2 aromatic rings. The van der Waals surface area contributed by atoms with Gasteiger partial charge in [0.15, 0.2) is 6.61 Å². The molecule has 0 spiro atoms. The summed E-state index contributed by atoms with van der Waals surface area (Å²) in [4.78, 5) is 37.2. The quantitative estimate of drug-likeness (QED) is 0.273. The molecular formula is C26H27N3O5. The second-order valence-corrected chi connectivity index (χ2v) is 8.98. The third-order valence-corrected chi connectivity index (χ3v) is 6.99. The summed E-state index contributed by atoms with van der Waals surface area (Å²) in [7, 11) is 0. The Morgan fingerprint density at radius 1 is 1.09 bits per heavy atom. The van der Waals surface area contributed by atoms with Crippen LogP contribution in [-0.4, -0.2) is 46.8 Å². The molecule has 0 radical (unpaired) electrons. The third kappa shape index (κ3) is 3.63. The fourth-order valence-corrected chi connectivity index (χ4v) is 5.47. The molecule has 1 saturated carbocycles. The van der Waals surface area contributed by atoms with Gasteiger partial charge in [0, 0.05) is 22.6 Å². The van der Waals surface area contributed by atoms with Crippen molar-refractivity contribution in [3.05, 3.63) is 59.4 Å². The summed E-state index contributed by atoms with van der Waals surface area (Å²) in [5, 5.41) is 5.39. The van der Waals surface area contributed by atoms with E-state index in [1.54, 1.807) is 25.3 Å². The highest BCUT2D eigenvalue weighted by molar-refractivity contribution is 6.06. The van der Waals surface area contributed by atoms with Gasteiger partial charge in [-0.3, -0.25) is 9.59 Å². The van der Waals surface area contributed by atoms with Crippen LogP contribution >= 0.6 is 0 Å². The van der Waals surface area contributed by atoms with E-state index in [4.69, 9.17) is 9.47 Å². The maximum atomic E-state index is 12.9. The molecule has 4 atom stereocenters. The van der Waals surface area contributed by atoms with Crippen LogP contribution in [0.4, 0.5) is 0 Å². The first-order valence-corrected chi connectivity index (χ1v) is 11.6. The maximum Gasteiger partial charge on any atom is 0.344 e. The zero-order valence-corrected chi connectivity index (χ0v) is 19.4. The number of esters is 1. The summed E-state index contributed by atoms with van der Waals surface area (Å²) in [6.07, 6.45) is 6.65. The number of benzene rings is 1. The smallest absolute Gasteiger partial charge is 0.344 e. The van der Waals surface area contributed by atoms with Crippen LogP contribution in [0.1, 0.15) is 30.3 Å². The number of hydrazone groups is 1. The van der Waals surface area contributed by atoms with E-state index in [1.807, 2.05) is 32.0 Å². The molecule has 34 heavy (non-hydrogen) atoms. The molecule has 2 fully saturated rings. The van der Waals surface area contributed by atoms with Crippen LogP contribution in [-0.2, 0) is 19.1 Å². The molecule has 8 heteroatoms. The number of aromatic nitrogens is 1. The first kappa shape index (κ1) is 22.1. The molecule has 2 amide bonds. The third-order valence-electron chi connectivity index (χ3n) is 6.99. The van der Waals surface area contributed by atoms with Crippen molar-refractivity contribution in [3.8, 4) is 11.4 Å². The van der Waals surface area contributed by atoms with E-state index < -0.39 is 5.97 Å². The summed E-state index contributed by atoms with van der Waals surface area (Å²) in [6, 6.07) is 9.37. The number of carbonyl (C=O) groups excluding carboxylic acids is 3. The van der Waals surface area contributed by atoms with Crippen LogP contribution in [0, 0.1) is 37.5 Å². The fourth-order valence-electron chi connectivity index (χ4n) is 5.47. The van der Waals surface area contributed by atoms with Crippen molar-refractivity contribution in [2.45, 2.75) is 27.2 Å². The lowest BCUT2D eigenvalue weighted by molar-refractivity contribution is -0.145. The molecule has 1 aliphatic heterocycles. The number of ether oxygens (including phenoxy) is 2. The monoisotopic (exact) mass is 461 g/mol. The molecule has 2 bridgehead atoms. The number of allylic oxidation sites excluding steroid dienone is 2. The molecule has 4 unspecified atom stereocenters. The number of nitrogens with zero attached hydrogens (tertiary/aromatic N) is 3. The molecule has 3 aliphatic rings. The molecule has 1 aromatic carbocycles. The van der Waals surface area contributed by atoms with Crippen molar-refractivity contribution < 1.29 is 23.9 Å². The average Bonchev–Trinajstić information content (AvgIpc) is 3.56. The van der Waals surface area contributed by atoms with E-state index in [-0.39, 0.29) is 42.1 Å². The Balaban J connectivity index is 1.31. The number of hydrogen-bond acceptors (Lipinski definition) is 6. The standard InChI is InChI=1S/C26H27N3O5/c1-4-33-22(30)14-34-21-9-7-20(8-10-21)28-15(2)11-19(16(28)3)13-27-29-25(31)23-17-5-6-18(12-17)24(23)26(29)32/h5-11,13,17-18,23-24H,4,12,14H2,1-3H3. The lowest BCUT2D eigenvalue weighted by Gasteiger charge is -2.13. The van der Waals surface area contributed by atoms with Crippen LogP contribution in [0.15, 0.2) is 47.6 Å². The summed E-state index contributed by atoms with van der Waals surface area (Å²) < 4.78 is 12.4. The minimum atomic E-state index is -0.407. The Morgan fingerprint density at radius 3 is 2.35 bits per heavy atom. The highest BCUT2D eigenvalue weighted by atomic mass is 16.6. The number of hydrogen-bond donors (Lipinski definition) is 0. The summed E-state index contributed by atoms with van der Waals surface area (Å²) in [5.41, 5.74) is 3.67. The fraction of sp³-hybridized carbons (Fsp3) is 0.385. The number of aryl methyl sites for hydroxylation is 1. The number of imide groups is 1. The van der Waals surface area contributed by atoms with E-state index in [0.717, 1.165) is 34.1 Å². The van der Waals surface area contributed by atoms with Gasteiger partial charge in [0.25, 0.3) is 11.8 Å². The second-order valence-electron chi connectivity index (χ2n) is 8.98. The maximum absolute atomic E-state index is 12.9. The van der Waals surface area contributed by atoms with Crippen LogP contribution in [0.2, 0.25) is 0 Å². The van der Waals surface area contributed by atoms with Crippen molar-refractivity contribution in [2.24, 2.45) is 28.8 Å². The summed E-state index contributed by atoms with van der Waals surface area (Å²) in [5.74, 6) is -0.378. The minimum absolute atomic E-state index is 0.136. The van der Waals surface area contributed by atoms with Gasteiger partial charge in [-0.15, -0.1) is 0 Å². The molecule has 176 valence electrons. The molecule has 8 nitrogen and oxygen atoms in total. The van der Waals surface area contributed by atoms with Gasteiger partial charge in [-0.05, 0) is 69.4 Å². The zero-order valence-electron chi connectivity index (χ0n) is 19.4. The van der Waals surface area contributed by atoms with Crippen LogP contribution in [0.5, 0.6) is 5.75 Å². The van der Waals surface area contributed by atoms with Crippen molar-refractivity contribution in [3.63, 3.8) is 0 Å². The van der Waals surface area contributed by atoms with Gasteiger partial charge in [0.2, 0.25) is 0 Å². The molecule has 2 aliphatic carbocycles. The Hall–Kier alpha value is -3.68. The Bertz CT molecular complexity index is 1180. The summed E-state index contributed by atoms with van der Waals surface area (Å²) >= 11 is 0. The molecule has 2 heterocycles. The lowest BCUT2D eigenvalue weighted by Crippen LogP contribution is -2.28. The predicted molar refractivity (Wildman–Crippen MR) is 125 cm³/mol. The first-order valence-electron chi connectivity index (χ1n) is 11.6. The minimum Gasteiger partial charge on any atom is -0.482 e. The van der Waals surface area contributed by atoms with E-state index in [1.165, 1.54) is 0 Å². The first-order chi connectivity index (χ1) is 16.4. The second kappa shape index (κ2) is 8.59. The molecule has 5 rings (SSSR count). The Kier molecular flexibility index (Phi) is 5.59. The predicted octanol–water partition coefficient (Wildman–Crippen LogP) is 3.18. The van der Waals surface area contributed by atoms with E-state index >= 15 is 0 Å². The molecule has 1 saturated heterocycles. The number of carbonyl (C=O) groups is 3. The van der Waals surface area contributed by atoms with Crippen LogP contribution in [0.3, 0.4) is 0 Å². The Morgan fingerprint density at radius 2 is 1.74 bits per heavy atom. The van der Waals surface area contributed by atoms with E-state index in [0.29, 0.717) is 12.4 Å². The van der Waals surface area contributed by atoms with Gasteiger partial charge in [0.05, 0.1) is 24.7 Å². The topological polar surface area (TPSA) is 90.2 Å². The highest BCUT2D eigenvalue weighted by Crippen LogP contribution is 2.52. The van der Waals surface area contributed by atoms with Gasteiger partial charge >= 0.3 is 5.97 Å². The lowest BCUT2D eigenvalue weighted by atomic mass is 9.85. The number of fused-ring (bicyclic) bond motifs is 5. The number of rotatable bonds is 7. The van der Waals surface area contributed by atoms with Crippen LogP contribution in [0.25, 0.3) is 5.69 Å². The van der Waals surface area contributed by atoms with Gasteiger partial charge in [-0.25, -0.2) is 4.79 Å². The largest absolute Gasteiger partial charge is 0.482 e. The molecule has 1 aromatic heterocycles. The van der Waals surface area contributed by atoms with Gasteiger partial charge in [-0.2, -0.15) is 10.1 Å². The van der Waals surface area contributed by atoms with Gasteiger partial charge in [-0.1, -0.05) is 12.2 Å². The SMILES string of the molecule is CCOC(=O)COc1ccc(-n2c(C)cc(C=NN3C(=O)C4C5C=CC(C5)C4C3=O)c2C)cc1. The van der Waals surface area contributed by atoms with E-state index in [9.17, 15) is 14.4 Å². The Labute approximate surface area is 197 Å². The van der Waals surface area contributed by atoms with Crippen molar-refractivity contribution in [1.82, 2.24) is 9.58 Å². The van der Waals surface area contributed by atoms with Crippen molar-refractivity contribution in [1.29, 1.82) is 0 Å². The average molecular weight is 462 g/mol. The number of amides is 2. The van der Waals surface area contributed by atoms with E-state index in [2.05, 4.69) is 21.8 Å². The van der Waals surface area contributed by atoms with Crippen LogP contribution < -0.4 is 4.74 Å². The summed E-state index contributed by atoms with van der Waals surface area (Å²) in [6.45, 7) is 5.88. The molecule has 0 N–H and O–H groups in total. The zero-order chi connectivity index (χ0) is 24.0. The van der Waals surface area contributed by atoms with Gasteiger partial charge < -0.3 is 14.0 Å². The van der Waals surface area contributed by atoms with Crippen molar-refractivity contribution in [2.75, 3.05) is 13.2 Å². The molecular weight excluding hydrogens is 434 g/mol.